The monoisotopic (exact) mass is 520 g/mol. The molecule has 0 atom stereocenters. The first-order valence-corrected chi connectivity index (χ1v) is 18.0. The van der Waals surface area contributed by atoms with Crippen molar-refractivity contribution in [1.82, 2.24) is 10.6 Å². The minimum absolute atomic E-state index is 0.117. The van der Waals surface area contributed by atoms with Gasteiger partial charge in [-0.25, -0.2) is 0 Å². The van der Waals surface area contributed by atoms with Crippen LogP contribution in [0, 0.1) is 0 Å². The maximum atomic E-state index is 5.83. The molecule has 204 valence electrons. The molecule has 2 saturated carbocycles. The Bertz CT molecular complexity index is 430. The fraction of sp³-hybridized carbons (Fsp3) is 1.00. The van der Waals surface area contributed by atoms with E-state index < -0.39 is 8.80 Å². The van der Waals surface area contributed by atoms with Gasteiger partial charge in [-0.1, -0.05) is 38.5 Å². The highest BCUT2D eigenvalue weighted by Gasteiger charge is 2.40. The molecule has 34 heavy (non-hydrogen) atoms. The van der Waals surface area contributed by atoms with Crippen molar-refractivity contribution in [1.29, 1.82) is 0 Å². The molecule has 0 aromatic rings. The van der Waals surface area contributed by atoms with Crippen LogP contribution < -0.4 is 10.6 Å². The van der Waals surface area contributed by atoms with Gasteiger partial charge in [-0.2, -0.15) is 0 Å². The van der Waals surface area contributed by atoms with Crippen LogP contribution in [0.1, 0.15) is 98.8 Å². The Balaban J connectivity index is 0.000000342. The van der Waals surface area contributed by atoms with Crippen LogP contribution in [-0.2, 0) is 22.8 Å². The lowest BCUT2D eigenvalue weighted by Gasteiger charge is -2.31. The smallest absolute Gasteiger partial charge is 0.373 e. The molecule has 0 aromatic heterocycles. The first-order chi connectivity index (χ1) is 16.6. The molecule has 0 heterocycles. The molecule has 0 radical (unpaired) electrons. The molecule has 2 rings (SSSR count). The molecule has 0 spiro atoms. The average molecular weight is 521 g/mol. The summed E-state index contributed by atoms with van der Waals surface area (Å²) >= 11 is 0. The maximum absolute atomic E-state index is 5.83. The summed E-state index contributed by atoms with van der Waals surface area (Å²) in [6, 6.07) is 1.39. The van der Waals surface area contributed by atoms with Crippen LogP contribution in [0.15, 0.2) is 0 Å². The lowest BCUT2D eigenvalue weighted by molar-refractivity contribution is -0.0828. The summed E-state index contributed by atoms with van der Waals surface area (Å²) in [7, 11) is -2.79. The van der Waals surface area contributed by atoms with Crippen molar-refractivity contribution < 1.29 is 22.8 Å². The molecule has 0 amide bonds. The van der Waals surface area contributed by atoms with Gasteiger partial charge < -0.3 is 33.4 Å². The Morgan fingerprint density at radius 1 is 0.647 bits per heavy atom. The summed E-state index contributed by atoms with van der Waals surface area (Å²) in [5, 5.41) is 7.27. The summed E-state index contributed by atoms with van der Waals surface area (Å²) in [6.07, 6.45) is 15.4. The van der Waals surface area contributed by atoms with E-state index in [4.69, 9.17) is 22.8 Å². The molecule has 2 aliphatic rings. The second-order valence-electron chi connectivity index (χ2n) is 9.12. The van der Waals surface area contributed by atoms with Gasteiger partial charge >= 0.3 is 8.80 Å². The normalized spacial score (nSPS) is 18.5. The van der Waals surface area contributed by atoms with Crippen LogP contribution in [0.5, 0.6) is 0 Å². The van der Waals surface area contributed by atoms with Gasteiger partial charge in [-0.3, -0.25) is 0 Å². The van der Waals surface area contributed by atoms with Crippen molar-refractivity contribution in [2.45, 2.75) is 117 Å². The highest BCUT2D eigenvalue weighted by Crippen LogP contribution is 2.19. The molecule has 0 unspecified atom stereocenters. The Morgan fingerprint density at radius 3 is 1.50 bits per heavy atom. The van der Waals surface area contributed by atoms with E-state index in [9.17, 15) is 0 Å². The summed E-state index contributed by atoms with van der Waals surface area (Å²) in [4.78, 5) is 0. The molecule has 9 heteroatoms. The first-order valence-electron chi connectivity index (χ1n) is 14.2. The molecular formula is C25H56N2O5Si2. The Kier molecular flexibility index (Phi) is 20.1. The van der Waals surface area contributed by atoms with Crippen molar-refractivity contribution in [3.8, 4) is 0 Å². The Hall–Kier alpha value is 0.154. The van der Waals surface area contributed by atoms with Gasteiger partial charge in [-0.15, -0.1) is 0 Å². The lowest BCUT2D eigenvalue weighted by Crippen LogP contribution is -2.56. The van der Waals surface area contributed by atoms with Crippen LogP contribution in [-0.4, -0.2) is 81.7 Å². The van der Waals surface area contributed by atoms with Crippen molar-refractivity contribution in [3.63, 3.8) is 0 Å². The number of rotatable bonds is 17. The van der Waals surface area contributed by atoms with Crippen LogP contribution in [0.2, 0.25) is 0 Å². The summed E-state index contributed by atoms with van der Waals surface area (Å²) < 4.78 is 28.6. The Labute approximate surface area is 213 Å². The van der Waals surface area contributed by atoms with E-state index in [0.717, 1.165) is 31.6 Å². The van der Waals surface area contributed by atoms with Gasteiger partial charge in [0.15, 0.2) is 0 Å². The van der Waals surface area contributed by atoms with Gasteiger partial charge in [0, 0.05) is 45.1 Å². The van der Waals surface area contributed by atoms with Crippen molar-refractivity contribution in [2.75, 3.05) is 45.4 Å². The Morgan fingerprint density at radius 2 is 1.09 bits per heavy atom. The predicted molar refractivity (Wildman–Crippen MR) is 146 cm³/mol. The van der Waals surface area contributed by atoms with Gasteiger partial charge in [-0.05, 0) is 66.5 Å². The van der Waals surface area contributed by atoms with E-state index in [2.05, 4.69) is 10.6 Å². The van der Waals surface area contributed by atoms with Gasteiger partial charge in [0.2, 0.25) is 0 Å². The minimum Gasteiger partial charge on any atom is -0.373 e. The van der Waals surface area contributed by atoms with E-state index in [1.165, 1.54) is 64.2 Å². The van der Waals surface area contributed by atoms with Crippen LogP contribution in [0.25, 0.3) is 0 Å². The predicted octanol–water partition coefficient (Wildman–Crippen LogP) is 3.89. The van der Waals surface area contributed by atoms with E-state index in [-0.39, 0.29) is 15.4 Å². The molecule has 0 aliphatic heterocycles. The van der Waals surface area contributed by atoms with Crippen molar-refractivity contribution in [2.24, 2.45) is 0 Å². The lowest BCUT2D eigenvalue weighted by atomic mass is 9.96. The zero-order valence-corrected chi connectivity index (χ0v) is 25.4. The van der Waals surface area contributed by atoms with E-state index in [1.54, 1.807) is 0 Å². The molecule has 2 aliphatic carbocycles. The number of nitrogens with one attached hydrogen (secondary N) is 2. The number of ether oxygens (including phenoxy) is 2. The number of hydrogen-bond acceptors (Lipinski definition) is 7. The zero-order valence-electron chi connectivity index (χ0n) is 23.0. The summed E-state index contributed by atoms with van der Waals surface area (Å²) in [6.45, 7) is 13.6. The minimum atomic E-state index is -2.49. The summed E-state index contributed by atoms with van der Waals surface area (Å²) in [5.74, 6) is 0.117. The second kappa shape index (κ2) is 21.3. The molecule has 0 saturated heterocycles. The van der Waals surface area contributed by atoms with Gasteiger partial charge in [0.1, 0.15) is 15.4 Å². The van der Waals surface area contributed by atoms with Gasteiger partial charge in [0.25, 0.3) is 0 Å². The summed E-state index contributed by atoms with van der Waals surface area (Å²) in [5.41, 5.74) is 0. The molecule has 7 nitrogen and oxygen atoms in total. The molecule has 2 fully saturated rings. The highest BCUT2D eigenvalue weighted by molar-refractivity contribution is 6.60. The second-order valence-corrected chi connectivity index (χ2v) is 13.4. The van der Waals surface area contributed by atoms with Crippen LogP contribution in [0.4, 0.5) is 0 Å². The first kappa shape index (κ1) is 32.2. The molecule has 2 N–H and O–H groups in total. The zero-order chi connectivity index (χ0) is 24.9. The molecule has 0 bridgehead atoms. The molecule has 0 aromatic carbocycles. The van der Waals surface area contributed by atoms with Gasteiger partial charge in [0.05, 0.1) is 6.17 Å². The number of hydrogen-bond donors (Lipinski definition) is 2. The van der Waals surface area contributed by atoms with Crippen LogP contribution in [0.3, 0.4) is 0 Å². The maximum Gasteiger partial charge on any atom is 0.515 e. The standard InChI is InChI=1S/C13H29NO3Si.C12H27NO2Si/c1-4-15-18(16-5-2,17-6-3)12-14-13-10-8-7-9-11-13;1-3-14-12(15-4-2)16-10-13-11-8-6-5-7-9-11/h13-14H,4-12H2,1-3H3;11-13H,3-10,16H2,1-2H3. The SMILES string of the molecule is CCOC(OCC)[SiH2]CNC1CCCCC1.CCO[Si](CNC1CCCCC1)(OCC)OCC. The highest BCUT2D eigenvalue weighted by atomic mass is 28.4. The fourth-order valence-corrected chi connectivity index (χ4v) is 8.84. The topological polar surface area (TPSA) is 70.2 Å². The van der Waals surface area contributed by atoms with Crippen molar-refractivity contribution >= 4 is 18.3 Å². The average Bonchev–Trinajstić information content (AvgIpc) is 2.85. The molecular weight excluding hydrogens is 464 g/mol. The quantitative estimate of drug-likeness (QED) is 0.223. The van der Waals surface area contributed by atoms with Crippen molar-refractivity contribution in [3.05, 3.63) is 0 Å². The van der Waals surface area contributed by atoms with E-state index in [1.807, 2.05) is 34.6 Å². The van der Waals surface area contributed by atoms with Crippen LogP contribution >= 0.6 is 0 Å². The fourth-order valence-electron chi connectivity index (χ4n) is 4.81. The third kappa shape index (κ3) is 14.7. The third-order valence-corrected chi connectivity index (χ3v) is 10.8. The van der Waals surface area contributed by atoms with E-state index in [0.29, 0.717) is 25.9 Å². The van der Waals surface area contributed by atoms with E-state index >= 15 is 0 Å². The largest absolute Gasteiger partial charge is 0.515 e. The third-order valence-electron chi connectivity index (χ3n) is 6.43.